The van der Waals surface area contributed by atoms with Gasteiger partial charge in [-0.1, -0.05) is 23.2 Å². The van der Waals surface area contributed by atoms with E-state index >= 15 is 0 Å². The number of halogens is 2. The number of ether oxygens (including phenoxy) is 1. The Hall–Kier alpha value is -1.89. The summed E-state index contributed by atoms with van der Waals surface area (Å²) in [4.78, 5) is 28.9. The van der Waals surface area contributed by atoms with Crippen molar-refractivity contribution < 1.29 is 19.4 Å². The number of carbonyl (C=O) groups excluding carboxylic acids is 1. The number of carbonyl (C=O) groups is 2. The second-order valence-electron chi connectivity index (χ2n) is 5.50. The first-order valence-corrected chi connectivity index (χ1v) is 8.87. The summed E-state index contributed by atoms with van der Waals surface area (Å²) in [6.07, 6.45) is 0.0364. The van der Waals surface area contributed by atoms with E-state index in [0.29, 0.717) is 37.3 Å². The average Bonchev–Trinajstić information content (AvgIpc) is 3.10. The van der Waals surface area contributed by atoms with E-state index in [1.807, 2.05) is 0 Å². The maximum atomic E-state index is 12.8. The number of rotatable bonds is 5. The highest BCUT2D eigenvalue weighted by Crippen LogP contribution is 2.42. The Morgan fingerprint density at radius 2 is 2.08 bits per heavy atom. The number of hydrogen-bond acceptors (Lipinski definition) is 5. The summed E-state index contributed by atoms with van der Waals surface area (Å²) < 4.78 is 5.89. The first-order chi connectivity index (χ1) is 11.8. The van der Waals surface area contributed by atoms with Crippen molar-refractivity contribution in [1.82, 2.24) is 0 Å². The molecule has 1 aromatic rings. The van der Waals surface area contributed by atoms with Gasteiger partial charge in [-0.15, -0.1) is 11.3 Å². The fraction of sp³-hybridized carbons (Fsp3) is 0.235. The van der Waals surface area contributed by atoms with Crippen LogP contribution in [0.25, 0.3) is 0 Å². The number of carboxylic acids is 1. The number of ketones is 1. The van der Waals surface area contributed by atoms with Gasteiger partial charge in [0.1, 0.15) is 5.76 Å². The molecule has 2 aliphatic rings. The molecular formula is C17H13Cl2NO4S. The molecule has 0 unspecified atom stereocenters. The molecule has 25 heavy (non-hydrogen) atoms. The van der Waals surface area contributed by atoms with Crippen molar-refractivity contribution in [1.29, 1.82) is 0 Å². The van der Waals surface area contributed by atoms with Crippen LogP contribution >= 0.6 is 34.5 Å². The van der Waals surface area contributed by atoms with Crippen LogP contribution in [0.2, 0.25) is 4.34 Å². The zero-order valence-corrected chi connectivity index (χ0v) is 15.7. The highest BCUT2D eigenvalue weighted by molar-refractivity contribution is 7.18. The number of allylic oxidation sites excluding steroid dienone is 4. The largest absolute Gasteiger partial charge is 0.495 e. The van der Waals surface area contributed by atoms with Crippen molar-refractivity contribution in [2.75, 3.05) is 7.11 Å². The van der Waals surface area contributed by atoms with Crippen molar-refractivity contribution in [2.45, 2.75) is 19.8 Å². The highest BCUT2D eigenvalue weighted by Gasteiger charge is 2.36. The summed E-state index contributed by atoms with van der Waals surface area (Å²) in [5, 5.41) is 9.34. The normalized spacial score (nSPS) is 17.0. The molecule has 0 bridgehead atoms. The number of methoxy groups -OCH3 is 1. The van der Waals surface area contributed by atoms with E-state index in [9.17, 15) is 9.59 Å². The molecule has 1 aliphatic heterocycles. The SMILES string of the molecule is COC1=C(C(=O)c2ccc(Cl)s2)CC2=NC(C)=C(CC(=O)O)C2=C1Cl. The van der Waals surface area contributed by atoms with E-state index in [1.54, 1.807) is 19.1 Å². The Kier molecular flexibility index (Phi) is 4.86. The topological polar surface area (TPSA) is 76.0 Å². The lowest BCUT2D eigenvalue weighted by Crippen LogP contribution is -2.19. The van der Waals surface area contributed by atoms with Gasteiger partial charge in [-0.25, -0.2) is 0 Å². The summed E-state index contributed by atoms with van der Waals surface area (Å²) in [6.45, 7) is 1.73. The minimum absolute atomic E-state index is 0.189. The average molecular weight is 398 g/mol. The van der Waals surface area contributed by atoms with Crippen molar-refractivity contribution in [3.63, 3.8) is 0 Å². The molecule has 0 amide bonds. The molecule has 8 heteroatoms. The molecule has 2 heterocycles. The van der Waals surface area contributed by atoms with Crippen LogP contribution in [0.15, 0.2) is 50.3 Å². The lowest BCUT2D eigenvalue weighted by molar-refractivity contribution is -0.136. The van der Waals surface area contributed by atoms with Crippen LogP contribution in [0, 0.1) is 0 Å². The van der Waals surface area contributed by atoms with Crippen LogP contribution in [0.5, 0.6) is 0 Å². The molecule has 0 aromatic carbocycles. The molecule has 1 aliphatic carbocycles. The minimum atomic E-state index is -0.971. The third-order valence-corrected chi connectivity index (χ3v) is 5.56. The number of nitrogens with zero attached hydrogens (tertiary/aromatic N) is 1. The van der Waals surface area contributed by atoms with Gasteiger partial charge in [0.25, 0.3) is 0 Å². The van der Waals surface area contributed by atoms with E-state index < -0.39 is 5.97 Å². The zero-order chi connectivity index (χ0) is 18.3. The van der Waals surface area contributed by atoms with Crippen LogP contribution in [0.4, 0.5) is 0 Å². The number of aliphatic carboxylic acids is 1. The quantitative estimate of drug-likeness (QED) is 0.737. The van der Waals surface area contributed by atoms with Gasteiger partial charge in [0, 0.05) is 17.7 Å². The Morgan fingerprint density at radius 3 is 2.64 bits per heavy atom. The number of thiophene rings is 1. The van der Waals surface area contributed by atoms with E-state index in [4.69, 9.17) is 33.0 Å². The Bertz CT molecular complexity index is 921. The minimum Gasteiger partial charge on any atom is -0.495 e. The molecule has 0 spiro atoms. The molecule has 0 radical (unpaired) electrons. The van der Waals surface area contributed by atoms with Gasteiger partial charge in [0.2, 0.25) is 5.78 Å². The standard InChI is InChI=1S/C17H13Cl2NO4S/c1-7-8(6-13(21)22)14-10(20-7)5-9(17(24-2)15(14)19)16(23)11-3-4-12(18)25-11/h3-4H,5-6H2,1-2H3,(H,21,22). The molecule has 5 nitrogen and oxygen atoms in total. The van der Waals surface area contributed by atoms with Crippen LogP contribution in [0.1, 0.15) is 29.4 Å². The molecule has 0 saturated carbocycles. The Morgan fingerprint density at radius 1 is 1.36 bits per heavy atom. The first kappa shape index (κ1) is 17.9. The van der Waals surface area contributed by atoms with Crippen LogP contribution < -0.4 is 0 Å². The lowest BCUT2D eigenvalue weighted by Gasteiger charge is -2.21. The summed E-state index contributed by atoms with van der Waals surface area (Å²) in [6, 6.07) is 3.31. The van der Waals surface area contributed by atoms with Crippen LogP contribution in [0.3, 0.4) is 0 Å². The van der Waals surface area contributed by atoms with Crippen LogP contribution in [-0.2, 0) is 9.53 Å². The second-order valence-corrected chi connectivity index (χ2v) is 7.60. The van der Waals surface area contributed by atoms with E-state index in [-0.39, 0.29) is 29.4 Å². The summed E-state index contributed by atoms with van der Waals surface area (Å²) in [5.41, 5.74) is 2.67. The second kappa shape index (κ2) is 6.78. The van der Waals surface area contributed by atoms with Gasteiger partial charge in [0.05, 0.1) is 39.1 Å². The molecule has 130 valence electrons. The fourth-order valence-electron chi connectivity index (χ4n) is 2.91. The number of aliphatic imine (C=N–C) groups is 1. The van der Waals surface area contributed by atoms with E-state index in [0.717, 1.165) is 0 Å². The van der Waals surface area contributed by atoms with E-state index in [2.05, 4.69) is 4.99 Å². The van der Waals surface area contributed by atoms with Gasteiger partial charge < -0.3 is 9.84 Å². The fourth-order valence-corrected chi connectivity index (χ4v) is 4.34. The van der Waals surface area contributed by atoms with E-state index in [1.165, 1.54) is 18.4 Å². The van der Waals surface area contributed by atoms with Gasteiger partial charge in [0.15, 0.2) is 0 Å². The first-order valence-electron chi connectivity index (χ1n) is 7.30. The highest BCUT2D eigenvalue weighted by atomic mass is 35.5. The number of Topliss-reactive ketones (excluding diaryl/α,β-unsaturated/α-hetero) is 1. The molecule has 0 atom stereocenters. The van der Waals surface area contributed by atoms with Crippen molar-refractivity contribution in [2.24, 2.45) is 4.99 Å². The number of fused-ring (bicyclic) bond motifs is 1. The Labute approximate surface area is 157 Å². The van der Waals surface area contributed by atoms with Crippen molar-refractivity contribution >= 4 is 52.0 Å². The monoisotopic (exact) mass is 397 g/mol. The molecule has 3 rings (SSSR count). The molecule has 0 fully saturated rings. The van der Waals surface area contributed by atoms with Gasteiger partial charge in [-0.05, 0) is 24.6 Å². The van der Waals surface area contributed by atoms with Gasteiger partial charge >= 0.3 is 5.97 Å². The third-order valence-electron chi connectivity index (χ3n) is 3.97. The van der Waals surface area contributed by atoms with Crippen molar-refractivity contribution in [3.05, 3.63) is 54.6 Å². The maximum Gasteiger partial charge on any atom is 0.307 e. The molecule has 1 N–H and O–H groups in total. The summed E-state index contributed by atoms with van der Waals surface area (Å²) >= 11 is 13.6. The van der Waals surface area contributed by atoms with Gasteiger partial charge in [-0.3, -0.25) is 14.6 Å². The summed E-state index contributed by atoms with van der Waals surface area (Å²) in [5.74, 6) is -0.943. The predicted molar refractivity (Wildman–Crippen MR) is 97.6 cm³/mol. The summed E-state index contributed by atoms with van der Waals surface area (Å²) in [7, 11) is 1.43. The number of carboxylic acid groups (broad SMARTS) is 1. The Balaban J connectivity index is 2.09. The lowest BCUT2D eigenvalue weighted by atomic mass is 9.88. The van der Waals surface area contributed by atoms with Crippen molar-refractivity contribution in [3.8, 4) is 0 Å². The van der Waals surface area contributed by atoms with Crippen LogP contribution in [-0.4, -0.2) is 29.7 Å². The number of hydrogen-bond donors (Lipinski definition) is 1. The molecule has 0 saturated heterocycles. The maximum absolute atomic E-state index is 12.8. The molecule has 1 aromatic heterocycles. The smallest absolute Gasteiger partial charge is 0.307 e. The third kappa shape index (κ3) is 3.17. The predicted octanol–water partition coefficient (Wildman–Crippen LogP) is 4.58. The zero-order valence-electron chi connectivity index (χ0n) is 13.4. The van der Waals surface area contributed by atoms with Gasteiger partial charge in [-0.2, -0.15) is 0 Å². The molecular weight excluding hydrogens is 385 g/mol.